The van der Waals surface area contributed by atoms with Gasteiger partial charge in [0.05, 0.1) is 12.7 Å². The average Bonchev–Trinajstić information content (AvgIpc) is 2.91. The quantitative estimate of drug-likeness (QED) is 0.733. The highest BCUT2D eigenvalue weighted by Crippen LogP contribution is 2.07. The standard InChI is InChI=1S/C14H12N4OS/c15-13(20)11-3-1-2-10(8-11)9-17-6-7-18-12(14(17)19)4-5-16-18/h1-8H,9H2,(H2,15,20). The van der Waals surface area contributed by atoms with Gasteiger partial charge < -0.3 is 10.3 Å². The van der Waals surface area contributed by atoms with E-state index >= 15 is 0 Å². The van der Waals surface area contributed by atoms with Gasteiger partial charge in [-0.2, -0.15) is 5.10 Å². The maximum atomic E-state index is 12.3. The zero-order valence-electron chi connectivity index (χ0n) is 10.6. The van der Waals surface area contributed by atoms with Gasteiger partial charge in [-0.25, -0.2) is 4.52 Å². The van der Waals surface area contributed by atoms with E-state index in [9.17, 15) is 4.79 Å². The van der Waals surface area contributed by atoms with E-state index in [1.54, 1.807) is 33.7 Å². The Labute approximate surface area is 120 Å². The first kappa shape index (κ1) is 12.6. The molecule has 0 aliphatic heterocycles. The van der Waals surface area contributed by atoms with Gasteiger partial charge in [-0.1, -0.05) is 30.4 Å². The molecule has 2 heterocycles. The molecule has 20 heavy (non-hydrogen) atoms. The summed E-state index contributed by atoms with van der Waals surface area (Å²) in [5, 5.41) is 4.03. The van der Waals surface area contributed by atoms with Gasteiger partial charge in [-0.3, -0.25) is 4.79 Å². The summed E-state index contributed by atoms with van der Waals surface area (Å²) in [6.07, 6.45) is 5.08. The number of rotatable bonds is 3. The number of nitrogens with two attached hydrogens (primary N) is 1. The third-order valence-electron chi connectivity index (χ3n) is 3.10. The minimum Gasteiger partial charge on any atom is -0.389 e. The fourth-order valence-corrected chi connectivity index (χ4v) is 2.23. The monoisotopic (exact) mass is 284 g/mol. The summed E-state index contributed by atoms with van der Waals surface area (Å²) < 4.78 is 3.19. The van der Waals surface area contributed by atoms with E-state index < -0.39 is 0 Å². The Bertz CT molecular complexity index is 850. The fraction of sp³-hybridized carbons (Fsp3) is 0.0714. The van der Waals surface area contributed by atoms with Gasteiger partial charge in [0.1, 0.15) is 10.5 Å². The number of nitrogens with zero attached hydrogens (tertiary/aromatic N) is 3. The smallest absolute Gasteiger partial charge is 0.276 e. The lowest BCUT2D eigenvalue weighted by atomic mass is 10.1. The molecule has 0 aliphatic carbocycles. The van der Waals surface area contributed by atoms with Crippen molar-refractivity contribution in [3.05, 3.63) is 70.4 Å². The van der Waals surface area contributed by atoms with E-state index in [1.807, 2.05) is 24.3 Å². The van der Waals surface area contributed by atoms with E-state index in [1.165, 1.54) is 0 Å². The molecule has 0 spiro atoms. The largest absolute Gasteiger partial charge is 0.389 e. The first-order valence-electron chi connectivity index (χ1n) is 6.07. The Morgan fingerprint density at radius 1 is 1.30 bits per heavy atom. The van der Waals surface area contributed by atoms with Gasteiger partial charge in [0, 0.05) is 18.0 Å². The summed E-state index contributed by atoms with van der Waals surface area (Å²) in [6.45, 7) is 0.469. The van der Waals surface area contributed by atoms with Crippen LogP contribution in [-0.2, 0) is 6.54 Å². The summed E-state index contributed by atoms with van der Waals surface area (Å²) in [5.74, 6) is 0. The van der Waals surface area contributed by atoms with Crippen molar-refractivity contribution in [2.75, 3.05) is 0 Å². The Hall–Kier alpha value is -2.47. The second-order valence-corrected chi connectivity index (χ2v) is 4.90. The van der Waals surface area contributed by atoms with Crippen molar-refractivity contribution in [1.82, 2.24) is 14.2 Å². The molecule has 0 saturated heterocycles. The van der Waals surface area contributed by atoms with Crippen LogP contribution in [0.25, 0.3) is 5.52 Å². The molecule has 1 aromatic carbocycles. The van der Waals surface area contributed by atoms with E-state index in [2.05, 4.69) is 5.10 Å². The molecule has 100 valence electrons. The summed E-state index contributed by atoms with van der Waals surface area (Å²) in [4.78, 5) is 12.6. The summed E-state index contributed by atoms with van der Waals surface area (Å²) in [6, 6.07) is 9.27. The van der Waals surface area contributed by atoms with Crippen molar-refractivity contribution in [2.45, 2.75) is 6.54 Å². The molecule has 0 radical (unpaired) electrons. The average molecular weight is 284 g/mol. The molecule has 0 unspecified atom stereocenters. The van der Waals surface area contributed by atoms with Crippen molar-refractivity contribution in [2.24, 2.45) is 5.73 Å². The number of benzene rings is 1. The number of hydrogen-bond donors (Lipinski definition) is 1. The molecule has 0 amide bonds. The Morgan fingerprint density at radius 3 is 2.95 bits per heavy atom. The first-order valence-corrected chi connectivity index (χ1v) is 6.47. The SMILES string of the molecule is NC(=S)c1cccc(Cn2ccn3nccc3c2=O)c1. The number of fused-ring (bicyclic) bond motifs is 1. The summed E-state index contributed by atoms with van der Waals surface area (Å²) in [7, 11) is 0. The molecule has 0 saturated carbocycles. The van der Waals surface area contributed by atoms with Crippen molar-refractivity contribution in [3.8, 4) is 0 Å². The van der Waals surface area contributed by atoms with Crippen LogP contribution < -0.4 is 11.3 Å². The van der Waals surface area contributed by atoms with Crippen LogP contribution in [0.3, 0.4) is 0 Å². The van der Waals surface area contributed by atoms with Crippen LogP contribution >= 0.6 is 12.2 Å². The number of aromatic nitrogens is 3. The van der Waals surface area contributed by atoms with Crippen LogP contribution in [0.4, 0.5) is 0 Å². The predicted octanol–water partition coefficient (Wildman–Crippen LogP) is 1.18. The van der Waals surface area contributed by atoms with Crippen LogP contribution in [0, 0.1) is 0 Å². The third kappa shape index (κ3) is 2.21. The van der Waals surface area contributed by atoms with Gasteiger partial charge >= 0.3 is 0 Å². The van der Waals surface area contributed by atoms with Crippen molar-refractivity contribution in [3.63, 3.8) is 0 Å². The lowest BCUT2D eigenvalue weighted by molar-refractivity contribution is 0.743. The molecule has 6 heteroatoms. The zero-order chi connectivity index (χ0) is 14.1. The van der Waals surface area contributed by atoms with Gasteiger partial charge in [-0.05, 0) is 17.7 Å². The number of hydrogen-bond acceptors (Lipinski definition) is 3. The zero-order valence-corrected chi connectivity index (χ0v) is 11.4. The minimum absolute atomic E-state index is 0.0780. The van der Waals surface area contributed by atoms with E-state index in [-0.39, 0.29) is 5.56 Å². The molecule has 0 bridgehead atoms. The lowest BCUT2D eigenvalue weighted by Gasteiger charge is -2.07. The lowest BCUT2D eigenvalue weighted by Crippen LogP contribution is -2.22. The predicted molar refractivity (Wildman–Crippen MR) is 80.9 cm³/mol. The van der Waals surface area contributed by atoms with Crippen LogP contribution in [0.2, 0.25) is 0 Å². The van der Waals surface area contributed by atoms with E-state index in [4.69, 9.17) is 18.0 Å². The second-order valence-electron chi connectivity index (χ2n) is 4.46. The van der Waals surface area contributed by atoms with E-state index in [0.717, 1.165) is 11.1 Å². The highest BCUT2D eigenvalue weighted by molar-refractivity contribution is 7.80. The van der Waals surface area contributed by atoms with Crippen LogP contribution in [0.1, 0.15) is 11.1 Å². The van der Waals surface area contributed by atoms with Gasteiger partial charge in [0.25, 0.3) is 5.56 Å². The molecule has 0 aliphatic rings. The van der Waals surface area contributed by atoms with Gasteiger partial charge in [-0.15, -0.1) is 0 Å². The molecule has 0 atom stereocenters. The Balaban J connectivity index is 2.01. The maximum absolute atomic E-state index is 12.3. The van der Waals surface area contributed by atoms with E-state index in [0.29, 0.717) is 17.0 Å². The normalized spacial score (nSPS) is 10.8. The van der Waals surface area contributed by atoms with Crippen LogP contribution in [0.5, 0.6) is 0 Å². The highest BCUT2D eigenvalue weighted by Gasteiger charge is 2.05. The van der Waals surface area contributed by atoms with Crippen molar-refractivity contribution in [1.29, 1.82) is 0 Å². The molecule has 5 nitrogen and oxygen atoms in total. The van der Waals surface area contributed by atoms with Gasteiger partial charge in [0.2, 0.25) is 0 Å². The number of thiocarbonyl (C=S) groups is 1. The summed E-state index contributed by atoms with van der Waals surface area (Å²) in [5.41, 5.74) is 7.87. The molecular formula is C14H12N4OS. The topological polar surface area (TPSA) is 65.3 Å². The first-order chi connectivity index (χ1) is 9.65. The molecule has 2 N–H and O–H groups in total. The molecule has 3 aromatic rings. The Kier molecular flexibility index (Phi) is 3.08. The third-order valence-corrected chi connectivity index (χ3v) is 3.34. The minimum atomic E-state index is -0.0780. The highest BCUT2D eigenvalue weighted by atomic mass is 32.1. The fourth-order valence-electron chi connectivity index (χ4n) is 2.11. The molecule has 2 aromatic heterocycles. The van der Waals surface area contributed by atoms with Crippen LogP contribution in [0.15, 0.2) is 53.7 Å². The molecule has 0 fully saturated rings. The molecule has 3 rings (SSSR count). The Morgan fingerprint density at radius 2 is 2.15 bits per heavy atom. The van der Waals surface area contributed by atoms with Gasteiger partial charge in [0.15, 0.2) is 0 Å². The summed E-state index contributed by atoms with van der Waals surface area (Å²) >= 11 is 4.96. The second kappa shape index (κ2) is 4.90. The molecular weight excluding hydrogens is 272 g/mol. The maximum Gasteiger partial charge on any atom is 0.276 e. The van der Waals surface area contributed by atoms with Crippen LogP contribution in [-0.4, -0.2) is 19.2 Å². The van der Waals surface area contributed by atoms with Crippen molar-refractivity contribution < 1.29 is 0 Å². The van der Waals surface area contributed by atoms with Crippen molar-refractivity contribution >= 4 is 22.7 Å².